The minimum atomic E-state index is -4.11. The number of amides is 1. The molecule has 0 bridgehead atoms. The molecule has 1 aliphatic rings. The molecule has 32 heavy (non-hydrogen) atoms. The molecule has 7 nitrogen and oxygen atoms in total. The molecule has 1 atom stereocenters. The van der Waals surface area contributed by atoms with Crippen molar-refractivity contribution in [2.45, 2.75) is 37.6 Å². The number of carbonyl (C=O) groups is 1. The predicted molar refractivity (Wildman–Crippen MR) is 118 cm³/mol. The Morgan fingerprint density at radius 3 is 2.41 bits per heavy atom. The third-order valence-electron chi connectivity index (χ3n) is 5.27. The molecule has 2 aromatic rings. The number of hydrogen-bond donors (Lipinski definition) is 2. The Balaban J connectivity index is 1.94. The number of fused-ring (bicyclic) bond motifs is 1. The monoisotopic (exact) mass is 462 g/mol. The van der Waals surface area contributed by atoms with Crippen molar-refractivity contribution >= 4 is 28.1 Å². The van der Waals surface area contributed by atoms with Gasteiger partial charge in [-0.3, -0.25) is 10.0 Å². The molecule has 0 aromatic heterocycles. The summed E-state index contributed by atoms with van der Waals surface area (Å²) in [6, 6.07) is 9.06. The Kier molecular flexibility index (Phi) is 7.65. The third-order valence-corrected chi connectivity index (χ3v) is 7.15. The molecule has 0 saturated carbocycles. The van der Waals surface area contributed by atoms with Crippen molar-refractivity contribution in [3.8, 4) is 5.75 Å². The van der Waals surface area contributed by atoms with Crippen LogP contribution in [0.15, 0.2) is 47.4 Å². The van der Waals surface area contributed by atoms with Crippen LogP contribution in [-0.2, 0) is 14.8 Å². The molecule has 3 rings (SSSR count). The summed E-state index contributed by atoms with van der Waals surface area (Å²) in [4.78, 5) is 12.5. The fourth-order valence-corrected chi connectivity index (χ4v) is 5.45. The maximum absolute atomic E-state index is 13.6. The second kappa shape index (κ2) is 10.2. The number of ether oxygens (including phenoxy) is 1. The lowest BCUT2D eigenvalue weighted by atomic mass is 10.0. The molecule has 0 saturated heterocycles. The van der Waals surface area contributed by atoms with E-state index in [1.807, 2.05) is 6.08 Å². The zero-order chi connectivity index (χ0) is 23.3. The average molecular weight is 463 g/mol. The fraction of sp³-hybridized carbons (Fsp3) is 0.348. The van der Waals surface area contributed by atoms with Gasteiger partial charge in [0.15, 0.2) is 0 Å². The topological polar surface area (TPSA) is 95.9 Å². The van der Waals surface area contributed by atoms with Crippen LogP contribution in [0.25, 0.3) is 12.2 Å². The van der Waals surface area contributed by atoms with Gasteiger partial charge in [-0.25, -0.2) is 18.3 Å². The number of nitrogens with zero attached hydrogens (tertiary/aromatic N) is 1. The second-order valence-electron chi connectivity index (χ2n) is 7.86. The van der Waals surface area contributed by atoms with Gasteiger partial charge >= 0.3 is 0 Å². The van der Waals surface area contributed by atoms with E-state index in [1.54, 1.807) is 31.5 Å². The molecule has 0 heterocycles. The van der Waals surface area contributed by atoms with Crippen LogP contribution < -0.4 is 20.7 Å². The van der Waals surface area contributed by atoms with Crippen LogP contribution >= 0.6 is 0 Å². The maximum Gasteiger partial charge on any atom is 0.262 e. The second-order valence-corrected chi connectivity index (χ2v) is 9.75. The highest BCUT2D eigenvalue weighted by molar-refractivity contribution is 7.89. The van der Waals surface area contributed by atoms with E-state index in [2.05, 4.69) is 6.08 Å². The molecule has 0 fully saturated rings. The standard InChI is InChI=1S/C23H27FN2O5S/c1-16(2)22(23(27)25-28)26(13-14-31-20-10-8-19(24)9-11-20)32(29,30)21-12-7-17-5-3-4-6-18(17)15-21/h5-12,15-16,22,28H,3-4,13-14H2,1-2H3,(H,25,27)/t22-/m1/s1. The Bertz CT molecular complexity index is 1180. The molecule has 9 heteroatoms. The Labute approximate surface area is 186 Å². The van der Waals surface area contributed by atoms with Crippen LogP contribution in [0, 0.1) is 11.7 Å². The third kappa shape index (κ3) is 5.35. The number of halogens is 1. The highest BCUT2D eigenvalue weighted by Gasteiger charge is 2.37. The summed E-state index contributed by atoms with van der Waals surface area (Å²) in [5.41, 5.74) is 1.58. The summed E-state index contributed by atoms with van der Waals surface area (Å²) in [5, 5.41) is 11.0. The lowest BCUT2D eigenvalue weighted by Gasteiger charge is -2.31. The zero-order valence-corrected chi connectivity index (χ0v) is 18.8. The number of hydroxylamine groups is 1. The average Bonchev–Trinajstić information content (AvgIpc) is 2.78. The van der Waals surface area contributed by atoms with Gasteiger partial charge in [-0.05, 0) is 65.6 Å². The van der Waals surface area contributed by atoms with E-state index in [1.165, 1.54) is 30.3 Å². The van der Waals surface area contributed by atoms with Crippen LogP contribution in [-0.4, -0.2) is 43.0 Å². The van der Waals surface area contributed by atoms with Crippen molar-refractivity contribution < 1.29 is 27.5 Å². The highest BCUT2D eigenvalue weighted by atomic mass is 32.2. The molecular formula is C23H27FN2O5S. The van der Waals surface area contributed by atoms with Gasteiger partial charge in [-0.2, -0.15) is 4.31 Å². The van der Waals surface area contributed by atoms with Crippen LogP contribution in [0.5, 0.6) is 5.75 Å². The summed E-state index contributed by atoms with van der Waals surface area (Å²) in [6.07, 6.45) is 5.76. The fourth-order valence-electron chi connectivity index (χ4n) is 3.71. The zero-order valence-electron chi connectivity index (χ0n) is 18.0. The summed E-state index contributed by atoms with van der Waals surface area (Å²) in [7, 11) is -4.11. The molecule has 172 valence electrons. The van der Waals surface area contributed by atoms with E-state index in [4.69, 9.17) is 4.74 Å². The number of nitrogens with one attached hydrogen (secondary N) is 1. The Hall–Kier alpha value is -2.75. The van der Waals surface area contributed by atoms with E-state index in [9.17, 15) is 22.8 Å². The van der Waals surface area contributed by atoms with E-state index in [0.29, 0.717) is 5.75 Å². The minimum absolute atomic E-state index is 0.0565. The molecule has 0 unspecified atom stereocenters. The Morgan fingerprint density at radius 1 is 1.12 bits per heavy atom. The predicted octanol–water partition coefficient (Wildman–Crippen LogP) is 1.78. The number of sulfonamides is 1. The molecular weight excluding hydrogens is 435 g/mol. The van der Waals surface area contributed by atoms with Gasteiger partial charge in [0.05, 0.1) is 4.90 Å². The summed E-state index contributed by atoms with van der Waals surface area (Å²) >= 11 is 0. The van der Waals surface area contributed by atoms with E-state index >= 15 is 0 Å². The molecule has 1 aliphatic carbocycles. The smallest absolute Gasteiger partial charge is 0.262 e. The SMILES string of the molecule is CC(C)[C@H](C(=O)NO)N(CCOc1ccc(F)cc1)S(=O)(=O)c1ccc2c(c1)=CCCC=2. The first-order valence-electron chi connectivity index (χ1n) is 10.4. The van der Waals surface area contributed by atoms with Gasteiger partial charge in [0.1, 0.15) is 24.2 Å². The van der Waals surface area contributed by atoms with Crippen molar-refractivity contribution in [2.75, 3.05) is 13.2 Å². The van der Waals surface area contributed by atoms with Gasteiger partial charge in [0, 0.05) is 6.54 Å². The molecule has 2 N–H and O–H groups in total. The van der Waals surface area contributed by atoms with E-state index in [-0.39, 0.29) is 18.0 Å². The number of hydrogen-bond acceptors (Lipinski definition) is 5. The van der Waals surface area contributed by atoms with Crippen molar-refractivity contribution in [2.24, 2.45) is 5.92 Å². The van der Waals surface area contributed by atoms with Crippen LogP contribution in [0.1, 0.15) is 26.7 Å². The summed E-state index contributed by atoms with van der Waals surface area (Å²) < 4.78 is 46.9. The highest BCUT2D eigenvalue weighted by Crippen LogP contribution is 2.22. The number of carbonyl (C=O) groups excluding carboxylic acids is 1. The first-order chi connectivity index (χ1) is 15.2. The molecule has 0 aliphatic heterocycles. The van der Waals surface area contributed by atoms with Crippen molar-refractivity contribution in [1.29, 1.82) is 0 Å². The Morgan fingerprint density at radius 2 is 1.78 bits per heavy atom. The lowest BCUT2D eigenvalue weighted by molar-refractivity contribution is -0.134. The van der Waals surface area contributed by atoms with Crippen LogP contribution in [0.3, 0.4) is 0 Å². The summed E-state index contributed by atoms with van der Waals surface area (Å²) in [5.74, 6) is -1.30. The van der Waals surface area contributed by atoms with Gasteiger partial charge in [0.2, 0.25) is 10.0 Å². The van der Waals surface area contributed by atoms with Crippen molar-refractivity contribution in [3.05, 3.63) is 58.7 Å². The van der Waals surface area contributed by atoms with Gasteiger partial charge in [-0.1, -0.05) is 32.1 Å². The number of rotatable bonds is 9. The van der Waals surface area contributed by atoms with Gasteiger partial charge in [-0.15, -0.1) is 0 Å². The quantitative estimate of drug-likeness (QED) is 0.438. The molecule has 1 amide bonds. The van der Waals surface area contributed by atoms with Gasteiger partial charge < -0.3 is 4.74 Å². The summed E-state index contributed by atoms with van der Waals surface area (Å²) in [6.45, 7) is 3.16. The van der Waals surface area contributed by atoms with Crippen molar-refractivity contribution in [1.82, 2.24) is 9.79 Å². The molecule has 0 spiro atoms. The first-order valence-corrected chi connectivity index (χ1v) is 11.8. The maximum atomic E-state index is 13.6. The lowest BCUT2D eigenvalue weighted by Crippen LogP contribution is -2.53. The van der Waals surface area contributed by atoms with Crippen molar-refractivity contribution in [3.63, 3.8) is 0 Å². The molecule has 0 radical (unpaired) electrons. The van der Waals surface area contributed by atoms with Crippen LogP contribution in [0.4, 0.5) is 4.39 Å². The van der Waals surface area contributed by atoms with Crippen LogP contribution in [0.2, 0.25) is 0 Å². The first kappa shape index (κ1) is 23.9. The van der Waals surface area contributed by atoms with E-state index < -0.39 is 33.7 Å². The van der Waals surface area contributed by atoms with Gasteiger partial charge in [0.25, 0.3) is 5.91 Å². The normalized spacial score (nSPS) is 14.3. The van der Waals surface area contributed by atoms with E-state index in [0.717, 1.165) is 27.6 Å². The largest absolute Gasteiger partial charge is 0.492 e. The molecule has 2 aromatic carbocycles. The minimum Gasteiger partial charge on any atom is -0.492 e. The number of benzene rings is 2.